The summed E-state index contributed by atoms with van der Waals surface area (Å²) in [6.45, 7) is 3.46. The number of carbonyl (C=O) groups is 1. The third kappa shape index (κ3) is 2.86. The van der Waals surface area contributed by atoms with Gasteiger partial charge in [0, 0.05) is 19.2 Å². The average Bonchev–Trinajstić information content (AvgIpc) is 2.53. The molecule has 18 heavy (non-hydrogen) atoms. The van der Waals surface area contributed by atoms with Gasteiger partial charge in [-0.25, -0.2) is 8.78 Å². The number of halogens is 2. The van der Waals surface area contributed by atoms with E-state index in [0.717, 1.165) is 31.4 Å². The first-order valence-electron chi connectivity index (χ1n) is 6.32. The summed E-state index contributed by atoms with van der Waals surface area (Å²) in [4.78, 5) is 13.8. The van der Waals surface area contributed by atoms with Gasteiger partial charge in [-0.15, -0.1) is 0 Å². The lowest BCUT2D eigenvalue weighted by Crippen LogP contribution is -2.32. The molecule has 1 aromatic carbocycles. The van der Waals surface area contributed by atoms with Crippen molar-refractivity contribution in [2.45, 2.75) is 26.2 Å². The van der Waals surface area contributed by atoms with Gasteiger partial charge in [-0.05, 0) is 37.3 Å². The third-order valence-electron chi connectivity index (χ3n) is 3.47. The Morgan fingerprint density at radius 1 is 1.28 bits per heavy atom. The average molecular weight is 253 g/mol. The van der Waals surface area contributed by atoms with Gasteiger partial charge in [0.1, 0.15) is 11.6 Å². The molecule has 0 spiro atoms. The second kappa shape index (κ2) is 5.46. The van der Waals surface area contributed by atoms with E-state index in [0.29, 0.717) is 19.0 Å². The van der Waals surface area contributed by atoms with Gasteiger partial charge in [-0.2, -0.15) is 0 Å². The van der Waals surface area contributed by atoms with Crippen LogP contribution in [0.4, 0.5) is 8.78 Å². The topological polar surface area (TPSA) is 20.3 Å². The molecule has 98 valence electrons. The molecule has 1 aromatic rings. The number of benzene rings is 1. The van der Waals surface area contributed by atoms with E-state index < -0.39 is 11.6 Å². The molecular weight excluding hydrogens is 236 g/mol. The van der Waals surface area contributed by atoms with Crippen LogP contribution in [0.5, 0.6) is 0 Å². The maximum Gasteiger partial charge on any atom is 0.256 e. The highest BCUT2D eigenvalue weighted by Crippen LogP contribution is 2.19. The van der Waals surface area contributed by atoms with E-state index >= 15 is 0 Å². The zero-order valence-electron chi connectivity index (χ0n) is 10.5. The van der Waals surface area contributed by atoms with E-state index in [1.54, 1.807) is 4.90 Å². The quantitative estimate of drug-likeness (QED) is 0.752. The molecule has 0 N–H and O–H groups in total. The number of rotatable bonds is 1. The first-order chi connectivity index (χ1) is 8.58. The molecule has 1 atom stereocenters. The highest BCUT2D eigenvalue weighted by atomic mass is 19.1. The van der Waals surface area contributed by atoms with Gasteiger partial charge < -0.3 is 4.90 Å². The van der Waals surface area contributed by atoms with E-state index in [9.17, 15) is 13.6 Å². The van der Waals surface area contributed by atoms with Crippen molar-refractivity contribution in [3.05, 3.63) is 35.4 Å². The Morgan fingerprint density at radius 2 is 2.06 bits per heavy atom. The number of amides is 1. The predicted molar refractivity (Wildman–Crippen MR) is 65.3 cm³/mol. The van der Waals surface area contributed by atoms with Gasteiger partial charge >= 0.3 is 0 Å². The molecule has 1 aliphatic rings. The van der Waals surface area contributed by atoms with Crippen molar-refractivity contribution in [3.63, 3.8) is 0 Å². The standard InChI is InChI=1S/C14H17F2NO/c1-10-3-2-7-17(8-6-10)14(18)12-5-4-11(15)9-13(12)16/h4-5,9-10H,2-3,6-8H2,1H3. The summed E-state index contributed by atoms with van der Waals surface area (Å²) >= 11 is 0. The van der Waals surface area contributed by atoms with Crippen LogP contribution < -0.4 is 0 Å². The van der Waals surface area contributed by atoms with Crippen molar-refractivity contribution in [2.75, 3.05) is 13.1 Å². The lowest BCUT2D eigenvalue weighted by molar-refractivity contribution is 0.0755. The van der Waals surface area contributed by atoms with E-state index in [1.807, 2.05) is 0 Å². The molecule has 1 saturated heterocycles. The normalized spacial score (nSPS) is 20.6. The molecule has 2 nitrogen and oxygen atoms in total. The van der Waals surface area contributed by atoms with E-state index in [-0.39, 0.29) is 11.5 Å². The fourth-order valence-corrected chi connectivity index (χ4v) is 2.30. The van der Waals surface area contributed by atoms with Crippen LogP contribution in [-0.4, -0.2) is 23.9 Å². The monoisotopic (exact) mass is 253 g/mol. The highest BCUT2D eigenvalue weighted by molar-refractivity contribution is 5.94. The molecule has 1 amide bonds. The molecule has 4 heteroatoms. The largest absolute Gasteiger partial charge is 0.339 e. The van der Waals surface area contributed by atoms with Crippen molar-refractivity contribution >= 4 is 5.91 Å². The number of likely N-dealkylation sites (tertiary alicyclic amines) is 1. The van der Waals surface area contributed by atoms with E-state index in [2.05, 4.69) is 6.92 Å². The van der Waals surface area contributed by atoms with Gasteiger partial charge in [0.15, 0.2) is 0 Å². The first kappa shape index (κ1) is 13.0. The lowest BCUT2D eigenvalue weighted by atomic mass is 10.0. The van der Waals surface area contributed by atoms with Crippen LogP contribution in [0.2, 0.25) is 0 Å². The Balaban J connectivity index is 2.15. The molecule has 1 unspecified atom stereocenters. The summed E-state index contributed by atoms with van der Waals surface area (Å²) in [5.41, 5.74) is -0.0362. The summed E-state index contributed by atoms with van der Waals surface area (Å²) < 4.78 is 26.4. The summed E-state index contributed by atoms with van der Waals surface area (Å²) in [6.07, 6.45) is 2.97. The van der Waals surface area contributed by atoms with Crippen molar-refractivity contribution in [3.8, 4) is 0 Å². The molecule has 0 aliphatic carbocycles. The van der Waals surface area contributed by atoms with Gasteiger partial charge in [0.2, 0.25) is 0 Å². The molecular formula is C14H17F2NO. The molecule has 0 aromatic heterocycles. The Hall–Kier alpha value is -1.45. The van der Waals surface area contributed by atoms with Crippen molar-refractivity contribution < 1.29 is 13.6 Å². The van der Waals surface area contributed by atoms with E-state index in [4.69, 9.17) is 0 Å². The maximum absolute atomic E-state index is 13.5. The second-order valence-corrected chi connectivity index (χ2v) is 4.95. The molecule has 2 rings (SSSR count). The third-order valence-corrected chi connectivity index (χ3v) is 3.47. The van der Waals surface area contributed by atoms with Crippen molar-refractivity contribution in [2.24, 2.45) is 5.92 Å². The van der Waals surface area contributed by atoms with Crippen LogP contribution in [0.25, 0.3) is 0 Å². The fraction of sp³-hybridized carbons (Fsp3) is 0.500. The lowest BCUT2D eigenvalue weighted by Gasteiger charge is -2.20. The number of hydrogen-bond acceptors (Lipinski definition) is 1. The summed E-state index contributed by atoms with van der Waals surface area (Å²) in [6, 6.07) is 3.10. The number of hydrogen-bond donors (Lipinski definition) is 0. The van der Waals surface area contributed by atoms with Gasteiger partial charge in [0.25, 0.3) is 5.91 Å². The Morgan fingerprint density at radius 3 is 2.78 bits per heavy atom. The minimum absolute atomic E-state index is 0.0362. The molecule has 0 bridgehead atoms. The fourth-order valence-electron chi connectivity index (χ4n) is 2.30. The van der Waals surface area contributed by atoms with Crippen LogP contribution in [0.15, 0.2) is 18.2 Å². The first-order valence-corrected chi connectivity index (χ1v) is 6.32. The molecule has 1 heterocycles. The van der Waals surface area contributed by atoms with E-state index in [1.165, 1.54) is 6.07 Å². The minimum atomic E-state index is -0.780. The summed E-state index contributed by atoms with van der Waals surface area (Å²) in [5.74, 6) is -1.17. The number of carbonyl (C=O) groups excluding carboxylic acids is 1. The van der Waals surface area contributed by atoms with Crippen LogP contribution >= 0.6 is 0 Å². The zero-order valence-corrected chi connectivity index (χ0v) is 10.5. The van der Waals surface area contributed by atoms with Crippen LogP contribution in [-0.2, 0) is 0 Å². The summed E-state index contributed by atoms with van der Waals surface area (Å²) in [7, 11) is 0. The SMILES string of the molecule is CC1CCCN(C(=O)c2ccc(F)cc2F)CC1. The Kier molecular flexibility index (Phi) is 3.94. The second-order valence-electron chi connectivity index (χ2n) is 4.95. The van der Waals surface area contributed by atoms with Crippen LogP contribution in [0.3, 0.4) is 0 Å². The smallest absolute Gasteiger partial charge is 0.256 e. The molecule has 1 fully saturated rings. The highest BCUT2D eigenvalue weighted by Gasteiger charge is 2.22. The van der Waals surface area contributed by atoms with Crippen LogP contribution in [0.1, 0.15) is 36.5 Å². The predicted octanol–water partition coefficient (Wildman–Crippen LogP) is 3.23. The van der Waals surface area contributed by atoms with Crippen molar-refractivity contribution in [1.29, 1.82) is 0 Å². The van der Waals surface area contributed by atoms with Crippen LogP contribution in [0, 0.1) is 17.6 Å². The molecule has 1 aliphatic heterocycles. The number of nitrogens with zero attached hydrogens (tertiary/aromatic N) is 1. The molecule has 0 radical (unpaired) electrons. The Labute approximate surface area is 106 Å². The molecule has 0 saturated carbocycles. The summed E-state index contributed by atoms with van der Waals surface area (Å²) in [5, 5.41) is 0. The van der Waals surface area contributed by atoms with Gasteiger partial charge in [-0.3, -0.25) is 4.79 Å². The van der Waals surface area contributed by atoms with Gasteiger partial charge in [-0.1, -0.05) is 6.92 Å². The minimum Gasteiger partial charge on any atom is -0.339 e. The van der Waals surface area contributed by atoms with Gasteiger partial charge in [0.05, 0.1) is 5.56 Å². The Bertz CT molecular complexity index is 447. The van der Waals surface area contributed by atoms with Crippen molar-refractivity contribution in [1.82, 2.24) is 4.90 Å². The maximum atomic E-state index is 13.5. The zero-order chi connectivity index (χ0) is 13.1.